The molecule has 27 heavy (non-hydrogen) atoms. The van der Waals surface area contributed by atoms with Gasteiger partial charge in [-0.15, -0.1) is 0 Å². The monoisotopic (exact) mass is 363 g/mol. The van der Waals surface area contributed by atoms with Crippen LogP contribution in [-0.4, -0.2) is 41.9 Å². The number of nitrogens with zero attached hydrogens (tertiary/aromatic N) is 1. The van der Waals surface area contributed by atoms with Crippen LogP contribution in [-0.2, 0) is 9.59 Å². The predicted molar refractivity (Wildman–Crippen MR) is 106 cm³/mol. The Morgan fingerprint density at radius 2 is 1.78 bits per heavy atom. The molecule has 2 aliphatic rings. The van der Waals surface area contributed by atoms with E-state index in [1.165, 1.54) is 0 Å². The van der Waals surface area contributed by atoms with Crippen LogP contribution >= 0.6 is 0 Å². The van der Waals surface area contributed by atoms with Gasteiger partial charge in [0.1, 0.15) is 0 Å². The first-order valence-electron chi connectivity index (χ1n) is 9.67. The van der Waals surface area contributed by atoms with Gasteiger partial charge in [-0.1, -0.05) is 55.0 Å². The van der Waals surface area contributed by atoms with Crippen LogP contribution in [0.4, 0.5) is 5.69 Å². The first-order chi connectivity index (χ1) is 13.2. The van der Waals surface area contributed by atoms with E-state index >= 15 is 0 Å². The quantitative estimate of drug-likeness (QED) is 0.878. The molecule has 0 aromatic heterocycles. The smallest absolute Gasteiger partial charge is 0.238 e. The van der Waals surface area contributed by atoms with E-state index in [-0.39, 0.29) is 23.9 Å². The molecule has 4 rings (SSSR count). The summed E-state index contributed by atoms with van der Waals surface area (Å²) in [6, 6.07) is 18.4. The molecule has 2 aromatic carbocycles. The summed E-state index contributed by atoms with van der Waals surface area (Å²) >= 11 is 0. The number of rotatable bonds is 4. The SMILES string of the molecule is O=C1CC2CCCC(CN1)N2CC(=O)Nc1ccccc1-c1ccccc1. The molecule has 2 atom stereocenters. The van der Waals surface area contributed by atoms with Crippen LogP contribution in [0.15, 0.2) is 54.6 Å². The summed E-state index contributed by atoms with van der Waals surface area (Å²) in [5.41, 5.74) is 2.91. The van der Waals surface area contributed by atoms with Crippen molar-refractivity contribution in [2.24, 2.45) is 0 Å². The van der Waals surface area contributed by atoms with Gasteiger partial charge >= 0.3 is 0 Å². The minimum Gasteiger partial charge on any atom is -0.354 e. The Morgan fingerprint density at radius 3 is 2.63 bits per heavy atom. The van der Waals surface area contributed by atoms with Crippen LogP contribution in [0.5, 0.6) is 0 Å². The highest BCUT2D eigenvalue weighted by Gasteiger charge is 2.35. The van der Waals surface area contributed by atoms with Gasteiger partial charge < -0.3 is 10.6 Å². The molecule has 140 valence electrons. The van der Waals surface area contributed by atoms with E-state index in [9.17, 15) is 9.59 Å². The maximum atomic E-state index is 12.8. The zero-order valence-electron chi connectivity index (χ0n) is 15.4. The van der Waals surface area contributed by atoms with Crippen molar-refractivity contribution in [3.05, 3.63) is 54.6 Å². The largest absolute Gasteiger partial charge is 0.354 e. The van der Waals surface area contributed by atoms with Crippen molar-refractivity contribution in [1.82, 2.24) is 10.2 Å². The summed E-state index contributed by atoms with van der Waals surface area (Å²) in [5.74, 6) is 0.0776. The fourth-order valence-corrected chi connectivity index (χ4v) is 4.25. The van der Waals surface area contributed by atoms with Gasteiger partial charge in [0.2, 0.25) is 11.8 Å². The number of anilines is 1. The van der Waals surface area contributed by atoms with Gasteiger partial charge in [-0.2, -0.15) is 0 Å². The molecular weight excluding hydrogens is 338 g/mol. The van der Waals surface area contributed by atoms with Crippen molar-refractivity contribution in [3.8, 4) is 11.1 Å². The highest BCUT2D eigenvalue weighted by Crippen LogP contribution is 2.29. The van der Waals surface area contributed by atoms with E-state index < -0.39 is 0 Å². The second kappa shape index (κ2) is 7.92. The van der Waals surface area contributed by atoms with Crippen molar-refractivity contribution in [2.75, 3.05) is 18.4 Å². The fraction of sp³-hybridized carbons (Fsp3) is 0.364. The number of piperidine rings is 1. The molecule has 2 aliphatic heterocycles. The number of amides is 2. The third-order valence-electron chi connectivity index (χ3n) is 5.58. The van der Waals surface area contributed by atoms with Gasteiger partial charge in [-0.25, -0.2) is 0 Å². The van der Waals surface area contributed by atoms with Crippen molar-refractivity contribution in [3.63, 3.8) is 0 Å². The molecule has 2 aromatic rings. The van der Waals surface area contributed by atoms with Crippen molar-refractivity contribution in [1.29, 1.82) is 0 Å². The molecule has 2 saturated heterocycles. The second-order valence-corrected chi connectivity index (χ2v) is 7.38. The van der Waals surface area contributed by atoms with Gasteiger partial charge in [0.05, 0.1) is 6.54 Å². The highest BCUT2D eigenvalue weighted by molar-refractivity contribution is 5.96. The van der Waals surface area contributed by atoms with Crippen molar-refractivity contribution in [2.45, 2.75) is 37.8 Å². The van der Waals surface area contributed by atoms with E-state index in [0.29, 0.717) is 19.5 Å². The number of benzene rings is 2. The average Bonchev–Trinajstić information content (AvgIpc) is 2.76. The summed E-state index contributed by atoms with van der Waals surface area (Å²) in [5, 5.41) is 6.08. The molecule has 2 unspecified atom stereocenters. The van der Waals surface area contributed by atoms with E-state index in [1.807, 2.05) is 54.6 Å². The molecular formula is C22H25N3O2. The van der Waals surface area contributed by atoms with E-state index in [4.69, 9.17) is 0 Å². The molecule has 2 amide bonds. The molecule has 0 radical (unpaired) electrons. The van der Waals surface area contributed by atoms with Crippen LogP contribution in [0.25, 0.3) is 11.1 Å². The highest BCUT2D eigenvalue weighted by atomic mass is 16.2. The fourth-order valence-electron chi connectivity index (χ4n) is 4.25. The Hall–Kier alpha value is -2.66. The zero-order chi connectivity index (χ0) is 18.6. The number of para-hydroxylation sites is 1. The van der Waals surface area contributed by atoms with Gasteiger partial charge in [-0.3, -0.25) is 14.5 Å². The number of carbonyl (C=O) groups is 2. The van der Waals surface area contributed by atoms with Crippen molar-refractivity contribution < 1.29 is 9.59 Å². The maximum absolute atomic E-state index is 12.8. The normalized spacial score (nSPS) is 22.6. The number of nitrogens with one attached hydrogen (secondary N) is 2. The summed E-state index contributed by atoms with van der Waals surface area (Å²) in [6.07, 6.45) is 3.63. The Balaban J connectivity index is 1.50. The van der Waals surface area contributed by atoms with Crippen LogP contribution in [0.1, 0.15) is 25.7 Å². The molecule has 0 saturated carbocycles. The van der Waals surface area contributed by atoms with Crippen LogP contribution in [0, 0.1) is 0 Å². The molecule has 2 fully saturated rings. The minimum atomic E-state index is -0.0235. The van der Waals surface area contributed by atoms with Crippen LogP contribution in [0.3, 0.4) is 0 Å². The lowest BCUT2D eigenvalue weighted by atomic mass is 9.94. The topological polar surface area (TPSA) is 61.4 Å². The Bertz CT molecular complexity index is 821. The molecule has 0 aliphatic carbocycles. The molecule has 2 heterocycles. The Labute approximate surface area is 159 Å². The minimum absolute atomic E-state index is 0.0235. The molecule has 2 N–H and O–H groups in total. The lowest BCUT2D eigenvalue weighted by Crippen LogP contribution is -2.50. The lowest BCUT2D eigenvalue weighted by Gasteiger charge is -2.39. The zero-order valence-corrected chi connectivity index (χ0v) is 15.4. The standard InChI is InChI=1S/C22H25N3O2/c26-21-13-17-9-6-10-18(14-23-21)25(17)15-22(27)24-20-12-5-4-11-19(20)16-7-2-1-3-8-16/h1-5,7-8,11-12,17-18H,6,9-10,13-15H2,(H,23,26)(H,24,27). The summed E-state index contributed by atoms with van der Waals surface area (Å²) in [6.45, 7) is 0.969. The predicted octanol–water partition coefficient (Wildman–Crippen LogP) is 3.04. The Morgan fingerprint density at radius 1 is 1.04 bits per heavy atom. The van der Waals surface area contributed by atoms with Crippen molar-refractivity contribution >= 4 is 17.5 Å². The summed E-state index contributed by atoms with van der Waals surface area (Å²) in [4.78, 5) is 27.0. The maximum Gasteiger partial charge on any atom is 0.238 e. The van der Waals surface area contributed by atoms with Gasteiger partial charge in [-0.05, 0) is 24.5 Å². The molecule has 2 bridgehead atoms. The van der Waals surface area contributed by atoms with Gasteiger partial charge in [0, 0.05) is 36.3 Å². The Kier molecular flexibility index (Phi) is 5.21. The molecule has 5 nitrogen and oxygen atoms in total. The third-order valence-corrected chi connectivity index (χ3v) is 5.58. The first-order valence-corrected chi connectivity index (χ1v) is 9.67. The van der Waals surface area contributed by atoms with Gasteiger partial charge in [0.15, 0.2) is 0 Å². The summed E-state index contributed by atoms with van der Waals surface area (Å²) < 4.78 is 0. The lowest BCUT2D eigenvalue weighted by molar-refractivity contribution is -0.122. The molecule has 0 spiro atoms. The third kappa shape index (κ3) is 4.03. The number of hydrogen-bond donors (Lipinski definition) is 2. The van der Waals surface area contributed by atoms with Crippen LogP contribution < -0.4 is 10.6 Å². The van der Waals surface area contributed by atoms with E-state index in [2.05, 4.69) is 15.5 Å². The first kappa shape index (κ1) is 17.7. The number of fused-ring (bicyclic) bond motifs is 2. The second-order valence-electron chi connectivity index (χ2n) is 7.38. The number of carbonyl (C=O) groups excluding carboxylic acids is 2. The average molecular weight is 363 g/mol. The van der Waals surface area contributed by atoms with E-state index in [1.54, 1.807) is 0 Å². The molecule has 5 heteroatoms. The van der Waals surface area contributed by atoms with E-state index in [0.717, 1.165) is 36.1 Å². The van der Waals surface area contributed by atoms with Gasteiger partial charge in [0.25, 0.3) is 0 Å². The van der Waals surface area contributed by atoms with Crippen LogP contribution in [0.2, 0.25) is 0 Å². The summed E-state index contributed by atoms with van der Waals surface area (Å²) in [7, 11) is 0. The number of hydrogen-bond acceptors (Lipinski definition) is 3.